The van der Waals surface area contributed by atoms with Crippen LogP contribution in [0.2, 0.25) is 0 Å². The van der Waals surface area contributed by atoms with Crippen LogP contribution in [0, 0.1) is 0 Å². The molecule has 0 fully saturated rings. The molecule has 0 aliphatic rings. The van der Waals surface area contributed by atoms with Gasteiger partial charge in [-0.1, -0.05) is 18.2 Å². The van der Waals surface area contributed by atoms with Crippen LogP contribution >= 0.6 is 0 Å². The molecule has 3 aromatic carbocycles. The van der Waals surface area contributed by atoms with Gasteiger partial charge < -0.3 is 15.0 Å². The molecule has 0 radical (unpaired) electrons. The molecule has 134 valence electrons. The van der Waals surface area contributed by atoms with Gasteiger partial charge in [0, 0.05) is 23.0 Å². The van der Waals surface area contributed by atoms with Crippen molar-refractivity contribution in [3.63, 3.8) is 0 Å². The third-order valence-electron chi connectivity index (χ3n) is 4.56. The third kappa shape index (κ3) is 3.85. The van der Waals surface area contributed by atoms with E-state index in [2.05, 4.69) is 34.6 Å². The van der Waals surface area contributed by atoms with Crippen LogP contribution in [0.25, 0.3) is 10.9 Å². The number of rotatable bonds is 5. The third-order valence-corrected chi connectivity index (χ3v) is 4.56. The van der Waals surface area contributed by atoms with Crippen LogP contribution in [-0.2, 0) is 6.42 Å². The number of carbonyl (C=O) groups is 1. The van der Waals surface area contributed by atoms with Gasteiger partial charge in [-0.25, -0.2) is 0 Å². The zero-order valence-corrected chi connectivity index (χ0v) is 15.0. The van der Waals surface area contributed by atoms with E-state index in [0.717, 1.165) is 28.9 Å². The lowest BCUT2D eigenvalue weighted by atomic mass is 10.0. The highest BCUT2D eigenvalue weighted by Crippen LogP contribution is 2.19. The van der Waals surface area contributed by atoms with E-state index in [0.29, 0.717) is 5.56 Å². The van der Waals surface area contributed by atoms with Crippen molar-refractivity contribution in [2.45, 2.75) is 6.42 Å². The van der Waals surface area contributed by atoms with Gasteiger partial charge in [-0.3, -0.25) is 4.79 Å². The van der Waals surface area contributed by atoms with Gasteiger partial charge in [-0.15, -0.1) is 0 Å². The predicted molar refractivity (Wildman–Crippen MR) is 108 cm³/mol. The number of aromatic amines is 1. The number of hydrogen-bond donors (Lipinski definition) is 2. The van der Waals surface area contributed by atoms with E-state index in [9.17, 15) is 4.79 Å². The average molecular weight is 356 g/mol. The monoisotopic (exact) mass is 356 g/mol. The standard InChI is InChI=1S/C23H20N2O2/c1-27-21-8-6-20(7-9-21)25-23(26)19-4-2-3-16(15-19)13-17-5-10-22-18(14-17)11-12-24-22/h2-12,14-15,24H,13H2,1H3,(H,25,26). The fraction of sp³-hybridized carbons (Fsp3) is 0.0870. The largest absolute Gasteiger partial charge is 0.497 e. The van der Waals surface area contributed by atoms with Gasteiger partial charge in [0.2, 0.25) is 0 Å². The molecule has 1 amide bonds. The van der Waals surface area contributed by atoms with E-state index in [4.69, 9.17) is 4.74 Å². The van der Waals surface area contributed by atoms with Crippen molar-refractivity contribution in [3.05, 3.63) is 95.7 Å². The van der Waals surface area contributed by atoms with Gasteiger partial charge in [-0.05, 0) is 77.5 Å². The van der Waals surface area contributed by atoms with E-state index < -0.39 is 0 Å². The van der Waals surface area contributed by atoms with E-state index in [-0.39, 0.29) is 5.91 Å². The average Bonchev–Trinajstić information content (AvgIpc) is 3.16. The quantitative estimate of drug-likeness (QED) is 0.527. The number of hydrogen-bond acceptors (Lipinski definition) is 2. The smallest absolute Gasteiger partial charge is 0.255 e. The van der Waals surface area contributed by atoms with Crippen molar-refractivity contribution in [2.24, 2.45) is 0 Å². The number of amides is 1. The minimum absolute atomic E-state index is 0.122. The normalized spacial score (nSPS) is 10.7. The topological polar surface area (TPSA) is 54.1 Å². The number of H-pyrrole nitrogens is 1. The number of fused-ring (bicyclic) bond motifs is 1. The summed E-state index contributed by atoms with van der Waals surface area (Å²) in [6.07, 6.45) is 2.73. The summed E-state index contributed by atoms with van der Waals surface area (Å²) < 4.78 is 5.14. The molecule has 0 bridgehead atoms. The van der Waals surface area contributed by atoms with Gasteiger partial charge in [-0.2, -0.15) is 0 Å². The van der Waals surface area contributed by atoms with Crippen LogP contribution < -0.4 is 10.1 Å². The first-order valence-electron chi connectivity index (χ1n) is 8.82. The van der Waals surface area contributed by atoms with Crippen molar-refractivity contribution < 1.29 is 9.53 Å². The number of anilines is 1. The van der Waals surface area contributed by atoms with Crippen molar-refractivity contribution in [2.75, 3.05) is 12.4 Å². The molecule has 27 heavy (non-hydrogen) atoms. The zero-order valence-electron chi connectivity index (χ0n) is 15.0. The van der Waals surface area contributed by atoms with Crippen molar-refractivity contribution in [3.8, 4) is 5.75 Å². The van der Waals surface area contributed by atoms with E-state index in [1.807, 2.05) is 54.7 Å². The molecule has 0 aliphatic heterocycles. The van der Waals surface area contributed by atoms with Crippen molar-refractivity contribution >= 4 is 22.5 Å². The Labute approximate surface area is 157 Å². The van der Waals surface area contributed by atoms with Gasteiger partial charge in [0.1, 0.15) is 5.75 Å². The molecular formula is C23H20N2O2. The summed E-state index contributed by atoms with van der Waals surface area (Å²) in [6.45, 7) is 0. The molecule has 4 heteroatoms. The molecule has 4 nitrogen and oxygen atoms in total. The summed E-state index contributed by atoms with van der Waals surface area (Å²) in [5.41, 5.74) is 4.84. The zero-order chi connectivity index (χ0) is 18.6. The highest BCUT2D eigenvalue weighted by molar-refractivity contribution is 6.04. The van der Waals surface area contributed by atoms with Gasteiger partial charge in [0.15, 0.2) is 0 Å². The second-order valence-corrected chi connectivity index (χ2v) is 6.46. The SMILES string of the molecule is COc1ccc(NC(=O)c2cccc(Cc3ccc4[nH]ccc4c3)c2)cc1. The van der Waals surface area contributed by atoms with Crippen molar-refractivity contribution in [1.82, 2.24) is 4.98 Å². The molecular weight excluding hydrogens is 336 g/mol. The predicted octanol–water partition coefficient (Wildman–Crippen LogP) is 5.02. The van der Waals surface area contributed by atoms with E-state index in [1.165, 1.54) is 10.9 Å². The van der Waals surface area contributed by atoms with Crippen LogP contribution in [0.3, 0.4) is 0 Å². The molecule has 0 saturated carbocycles. The Morgan fingerprint density at radius 1 is 0.963 bits per heavy atom. The van der Waals surface area contributed by atoms with Crippen LogP contribution in [0.4, 0.5) is 5.69 Å². The molecule has 1 aromatic heterocycles. The molecule has 0 atom stereocenters. The first-order chi connectivity index (χ1) is 13.2. The second-order valence-electron chi connectivity index (χ2n) is 6.46. The summed E-state index contributed by atoms with van der Waals surface area (Å²) in [5.74, 6) is 0.637. The molecule has 4 aromatic rings. The van der Waals surface area contributed by atoms with Crippen LogP contribution in [0.5, 0.6) is 5.75 Å². The first kappa shape index (κ1) is 16.9. The highest BCUT2D eigenvalue weighted by atomic mass is 16.5. The summed E-state index contributed by atoms with van der Waals surface area (Å²) in [7, 11) is 1.62. The Balaban J connectivity index is 1.49. The number of carbonyl (C=O) groups excluding carboxylic acids is 1. The Bertz CT molecular complexity index is 1080. The Morgan fingerprint density at radius 2 is 1.78 bits per heavy atom. The van der Waals surface area contributed by atoms with Crippen LogP contribution in [0.1, 0.15) is 21.5 Å². The fourth-order valence-electron chi connectivity index (χ4n) is 3.15. The molecule has 2 N–H and O–H groups in total. The maximum atomic E-state index is 12.6. The summed E-state index contributed by atoms with van der Waals surface area (Å²) in [6, 6.07) is 23.5. The number of aromatic nitrogens is 1. The Morgan fingerprint density at radius 3 is 2.59 bits per heavy atom. The van der Waals surface area contributed by atoms with E-state index >= 15 is 0 Å². The minimum Gasteiger partial charge on any atom is -0.497 e. The molecule has 0 spiro atoms. The highest BCUT2D eigenvalue weighted by Gasteiger charge is 2.08. The molecule has 0 saturated heterocycles. The lowest BCUT2D eigenvalue weighted by Gasteiger charge is -2.08. The molecule has 0 aliphatic carbocycles. The number of benzene rings is 3. The fourth-order valence-corrected chi connectivity index (χ4v) is 3.15. The van der Waals surface area contributed by atoms with E-state index in [1.54, 1.807) is 7.11 Å². The first-order valence-corrected chi connectivity index (χ1v) is 8.82. The number of ether oxygens (including phenoxy) is 1. The van der Waals surface area contributed by atoms with Crippen molar-refractivity contribution in [1.29, 1.82) is 0 Å². The Hall–Kier alpha value is -3.53. The van der Waals surface area contributed by atoms with Gasteiger partial charge >= 0.3 is 0 Å². The summed E-state index contributed by atoms with van der Waals surface area (Å²) in [4.78, 5) is 15.8. The van der Waals surface area contributed by atoms with Gasteiger partial charge in [0.25, 0.3) is 5.91 Å². The summed E-state index contributed by atoms with van der Waals surface area (Å²) in [5, 5.41) is 4.12. The maximum Gasteiger partial charge on any atom is 0.255 e. The Kier molecular flexibility index (Phi) is 4.62. The minimum atomic E-state index is -0.122. The second kappa shape index (κ2) is 7.38. The number of nitrogens with one attached hydrogen (secondary N) is 2. The summed E-state index contributed by atoms with van der Waals surface area (Å²) >= 11 is 0. The molecule has 1 heterocycles. The lowest BCUT2D eigenvalue weighted by molar-refractivity contribution is 0.102. The maximum absolute atomic E-state index is 12.6. The molecule has 0 unspecified atom stereocenters. The molecule has 4 rings (SSSR count). The van der Waals surface area contributed by atoms with Crippen LogP contribution in [-0.4, -0.2) is 18.0 Å². The van der Waals surface area contributed by atoms with Crippen LogP contribution in [0.15, 0.2) is 79.0 Å². The van der Waals surface area contributed by atoms with Gasteiger partial charge in [0.05, 0.1) is 7.11 Å². The lowest BCUT2D eigenvalue weighted by Crippen LogP contribution is -2.12. The number of methoxy groups -OCH3 is 1.